The summed E-state index contributed by atoms with van der Waals surface area (Å²) in [6.45, 7) is 9.67. The molecule has 4 rings (SSSR count). The van der Waals surface area contributed by atoms with Crippen LogP contribution in [0.3, 0.4) is 0 Å². The van der Waals surface area contributed by atoms with E-state index in [-0.39, 0.29) is 62.1 Å². The number of nitrogens with zero attached hydrogens (tertiary/aromatic N) is 1. The van der Waals surface area contributed by atoms with Crippen LogP contribution in [-0.2, 0) is 44.5 Å². The Morgan fingerprint density at radius 3 is 2.40 bits per heavy atom. The van der Waals surface area contributed by atoms with Crippen LogP contribution in [0.5, 0.6) is 0 Å². The second kappa shape index (κ2) is 10.0. The molecule has 0 aromatic heterocycles. The molecule has 2 aromatic carbocycles. The standard InChI is InChI=1S/C26H30NO2.Y/c1-3-24(29)26(15-16-26)20-12-10-19(11-13-20)25-21(22(27-2)17-23(25)28)14-9-18-7-5-4-6-8-18;/h5-8,10-13,21-25,28-29H,3,9,14-17H2,1H3;/q-1;/t21?,22-,23-,24?,25?;/m1./s1. The molecule has 3 unspecified atom stereocenters. The van der Waals surface area contributed by atoms with E-state index >= 15 is 0 Å². The molecule has 3 nitrogen and oxygen atoms in total. The van der Waals surface area contributed by atoms with Crippen LogP contribution in [0.15, 0.2) is 48.5 Å². The summed E-state index contributed by atoms with van der Waals surface area (Å²) in [5.41, 5.74) is 3.53. The van der Waals surface area contributed by atoms with Crippen molar-refractivity contribution in [1.82, 2.24) is 0 Å². The number of hydrogen-bond donors (Lipinski definition) is 2. The van der Waals surface area contributed by atoms with E-state index in [1.807, 2.05) is 19.1 Å². The average molecular weight is 477 g/mol. The molecule has 1 radical (unpaired) electrons. The first-order chi connectivity index (χ1) is 14.1. The van der Waals surface area contributed by atoms with Gasteiger partial charge in [0.2, 0.25) is 6.04 Å². The number of aliphatic hydroxyl groups excluding tert-OH is 2. The van der Waals surface area contributed by atoms with E-state index in [4.69, 9.17) is 6.57 Å². The molecule has 2 fully saturated rings. The summed E-state index contributed by atoms with van der Waals surface area (Å²) in [5.74, 6) is 0.165. The molecular formula is C26H30NO2Y-. The Morgan fingerprint density at radius 1 is 1.17 bits per heavy atom. The fourth-order valence-electron chi connectivity index (χ4n) is 5.38. The third kappa shape index (κ3) is 4.58. The molecule has 0 aliphatic heterocycles. The fourth-order valence-corrected chi connectivity index (χ4v) is 5.38. The van der Waals surface area contributed by atoms with Gasteiger partial charge in [0, 0.05) is 56.4 Å². The van der Waals surface area contributed by atoms with Crippen LogP contribution in [0.1, 0.15) is 61.6 Å². The maximum atomic E-state index is 10.8. The Bertz CT molecular complexity index is 857. The van der Waals surface area contributed by atoms with Gasteiger partial charge in [0.05, 0.1) is 12.2 Å². The molecular weight excluding hydrogens is 447 g/mol. The van der Waals surface area contributed by atoms with Gasteiger partial charge in [0.1, 0.15) is 0 Å². The van der Waals surface area contributed by atoms with Crippen LogP contribution in [-0.4, -0.2) is 28.5 Å². The second-order valence-corrected chi connectivity index (χ2v) is 8.84. The van der Waals surface area contributed by atoms with Crippen molar-refractivity contribution in [3.8, 4) is 0 Å². The minimum Gasteiger partial charge on any atom is -0.392 e. The number of aryl methyl sites for hydroxylation is 1. The Hall–Kier alpha value is -1.05. The minimum atomic E-state index is -0.467. The largest absolute Gasteiger partial charge is 0.392 e. The molecule has 2 aromatic rings. The summed E-state index contributed by atoms with van der Waals surface area (Å²) in [6, 6.07) is 19.5. The van der Waals surface area contributed by atoms with Crippen molar-refractivity contribution in [3.63, 3.8) is 0 Å². The van der Waals surface area contributed by atoms with E-state index in [0.29, 0.717) is 6.42 Å². The van der Waals surface area contributed by atoms with Crippen LogP contribution in [0.4, 0.5) is 0 Å². The van der Waals surface area contributed by atoms with Crippen molar-refractivity contribution < 1.29 is 42.9 Å². The van der Waals surface area contributed by atoms with Crippen LogP contribution < -0.4 is 0 Å². The van der Waals surface area contributed by atoms with Crippen LogP contribution in [0.25, 0.3) is 4.85 Å². The van der Waals surface area contributed by atoms with Crippen molar-refractivity contribution in [2.24, 2.45) is 5.92 Å². The summed E-state index contributed by atoms with van der Waals surface area (Å²) < 4.78 is 0. The minimum absolute atomic E-state index is 0. The van der Waals surface area contributed by atoms with Gasteiger partial charge in [-0.25, -0.2) is 6.57 Å². The topological polar surface area (TPSA) is 44.8 Å². The zero-order valence-electron chi connectivity index (χ0n) is 17.7. The zero-order chi connectivity index (χ0) is 20.4. The Kier molecular flexibility index (Phi) is 7.91. The predicted molar refractivity (Wildman–Crippen MR) is 114 cm³/mol. The van der Waals surface area contributed by atoms with E-state index in [1.54, 1.807) is 0 Å². The molecule has 2 aliphatic carbocycles. The molecule has 2 saturated carbocycles. The van der Waals surface area contributed by atoms with Crippen LogP contribution in [0, 0.1) is 18.6 Å². The number of benzene rings is 2. The third-order valence-corrected chi connectivity index (χ3v) is 7.26. The number of aliphatic hydroxyl groups is 2. The molecule has 2 aliphatic rings. The van der Waals surface area contributed by atoms with Crippen LogP contribution >= 0.6 is 0 Å². The van der Waals surface area contributed by atoms with Gasteiger partial charge in [0.25, 0.3) is 0 Å². The smallest absolute Gasteiger partial charge is 0.229 e. The van der Waals surface area contributed by atoms with E-state index in [0.717, 1.165) is 37.7 Å². The molecule has 155 valence electrons. The van der Waals surface area contributed by atoms with Gasteiger partial charge in [-0.3, -0.25) is 0 Å². The molecule has 0 spiro atoms. The van der Waals surface area contributed by atoms with Crippen molar-refractivity contribution in [2.45, 2.75) is 75.0 Å². The van der Waals surface area contributed by atoms with Crippen molar-refractivity contribution in [2.75, 3.05) is 0 Å². The van der Waals surface area contributed by atoms with Crippen molar-refractivity contribution >= 4 is 0 Å². The quantitative estimate of drug-likeness (QED) is 0.570. The maximum absolute atomic E-state index is 10.8. The Labute approximate surface area is 205 Å². The molecule has 0 bridgehead atoms. The summed E-state index contributed by atoms with van der Waals surface area (Å²) in [6.07, 6.45) is 4.49. The van der Waals surface area contributed by atoms with Gasteiger partial charge in [-0.05, 0) is 43.2 Å². The first kappa shape index (κ1) is 23.6. The van der Waals surface area contributed by atoms with Gasteiger partial charge in [0.15, 0.2) is 0 Å². The van der Waals surface area contributed by atoms with E-state index < -0.39 is 6.10 Å². The normalized spacial score (nSPS) is 27.7. The first-order valence-corrected chi connectivity index (χ1v) is 10.9. The van der Waals surface area contributed by atoms with Gasteiger partial charge in [-0.2, -0.15) is 35.9 Å². The third-order valence-electron chi connectivity index (χ3n) is 7.26. The van der Waals surface area contributed by atoms with Crippen LogP contribution in [0.2, 0.25) is 0 Å². The molecule has 0 saturated heterocycles. The van der Waals surface area contributed by atoms with E-state index in [2.05, 4.69) is 47.3 Å². The van der Waals surface area contributed by atoms with Gasteiger partial charge >= 0.3 is 0 Å². The van der Waals surface area contributed by atoms with E-state index in [1.165, 1.54) is 11.1 Å². The van der Waals surface area contributed by atoms with Gasteiger partial charge in [-0.15, -0.1) is 0 Å². The van der Waals surface area contributed by atoms with E-state index in [9.17, 15) is 10.2 Å². The predicted octanol–water partition coefficient (Wildman–Crippen LogP) is 4.67. The van der Waals surface area contributed by atoms with Crippen molar-refractivity contribution in [1.29, 1.82) is 0 Å². The van der Waals surface area contributed by atoms with Gasteiger partial charge in [-0.1, -0.05) is 31.2 Å². The summed E-state index contributed by atoms with van der Waals surface area (Å²) in [4.78, 5) is 3.86. The molecule has 0 heterocycles. The Balaban J connectivity index is 0.00000256. The summed E-state index contributed by atoms with van der Waals surface area (Å²) >= 11 is 0. The summed E-state index contributed by atoms with van der Waals surface area (Å²) in [5, 5.41) is 21.2. The average Bonchev–Trinajstić information content (AvgIpc) is 3.51. The molecule has 2 N–H and O–H groups in total. The monoisotopic (exact) mass is 477 g/mol. The SMILES string of the molecule is [C-]#[N+][C@@H]1C[C@@H](O)C(c2ccc(C3(C(O)CC)CC3)cc2)C1CCc1cc[c-]cc1.[Y]. The first-order valence-electron chi connectivity index (χ1n) is 10.9. The molecule has 4 heteroatoms. The fraction of sp³-hybridized carbons (Fsp3) is 0.500. The number of rotatable bonds is 7. The zero-order valence-corrected chi connectivity index (χ0v) is 20.5. The molecule has 5 atom stereocenters. The summed E-state index contributed by atoms with van der Waals surface area (Å²) in [7, 11) is 0. The Morgan fingerprint density at radius 2 is 1.83 bits per heavy atom. The second-order valence-electron chi connectivity index (χ2n) is 8.84. The molecule has 0 amide bonds. The van der Waals surface area contributed by atoms with Gasteiger partial charge < -0.3 is 15.1 Å². The van der Waals surface area contributed by atoms with Crippen molar-refractivity contribution in [3.05, 3.63) is 82.7 Å². The molecule has 30 heavy (non-hydrogen) atoms. The number of hydrogen-bond acceptors (Lipinski definition) is 2. The maximum Gasteiger partial charge on any atom is 0.229 e.